The highest BCUT2D eigenvalue weighted by atomic mass is 16.5. The zero-order valence-electron chi connectivity index (χ0n) is 16.7. The molecule has 6 nitrogen and oxygen atoms in total. The fourth-order valence-electron chi connectivity index (χ4n) is 3.53. The van der Waals surface area contributed by atoms with E-state index in [1.54, 1.807) is 14.2 Å². The second-order valence-electron chi connectivity index (χ2n) is 6.97. The summed E-state index contributed by atoms with van der Waals surface area (Å²) in [6.07, 6.45) is 3.77. The lowest BCUT2D eigenvalue weighted by Gasteiger charge is -2.34. The fraction of sp³-hybridized carbons (Fsp3) is 0.409. The molecule has 3 rings (SSSR count). The summed E-state index contributed by atoms with van der Waals surface area (Å²) in [6, 6.07) is 16.1. The largest absolute Gasteiger partial charge is 0.497 e. The number of nitrogens with zero attached hydrogens (tertiary/aromatic N) is 2. The molecule has 0 saturated carbocycles. The summed E-state index contributed by atoms with van der Waals surface area (Å²) in [5, 5.41) is 3.15. The average Bonchev–Trinajstić information content (AvgIpc) is 2.75. The van der Waals surface area contributed by atoms with Crippen molar-refractivity contribution in [3.63, 3.8) is 0 Å². The molecule has 2 aromatic rings. The van der Waals surface area contributed by atoms with Crippen LogP contribution in [0.5, 0.6) is 11.5 Å². The fourth-order valence-corrected chi connectivity index (χ4v) is 3.53. The maximum atomic E-state index is 6.15. The van der Waals surface area contributed by atoms with E-state index in [2.05, 4.69) is 27.3 Å². The molecule has 150 valence electrons. The van der Waals surface area contributed by atoms with E-state index in [1.807, 2.05) is 36.4 Å². The van der Waals surface area contributed by atoms with Crippen molar-refractivity contribution in [2.45, 2.75) is 25.3 Å². The van der Waals surface area contributed by atoms with Gasteiger partial charge in [0.2, 0.25) is 0 Å². The first kappa shape index (κ1) is 20.0. The van der Waals surface area contributed by atoms with Gasteiger partial charge in [0.25, 0.3) is 0 Å². The summed E-state index contributed by atoms with van der Waals surface area (Å²) in [5.41, 5.74) is 8.28. The second kappa shape index (κ2) is 9.99. The summed E-state index contributed by atoms with van der Waals surface area (Å²) in [5.74, 6) is 2.09. The van der Waals surface area contributed by atoms with Crippen LogP contribution in [0.2, 0.25) is 0 Å². The van der Waals surface area contributed by atoms with Crippen LogP contribution in [-0.2, 0) is 0 Å². The van der Waals surface area contributed by atoms with Gasteiger partial charge in [-0.2, -0.15) is 0 Å². The van der Waals surface area contributed by atoms with E-state index in [4.69, 9.17) is 15.2 Å². The predicted octanol–water partition coefficient (Wildman–Crippen LogP) is 3.66. The maximum absolute atomic E-state index is 6.15. The lowest BCUT2D eigenvalue weighted by Crippen LogP contribution is -2.36. The molecule has 0 amide bonds. The summed E-state index contributed by atoms with van der Waals surface area (Å²) < 4.78 is 10.5. The number of guanidine groups is 1. The molecule has 1 heterocycles. The minimum absolute atomic E-state index is 0.211. The minimum Gasteiger partial charge on any atom is -0.497 e. The molecular weight excluding hydrogens is 352 g/mol. The van der Waals surface area contributed by atoms with E-state index in [9.17, 15) is 0 Å². The number of hydrogen-bond donors (Lipinski definition) is 2. The quantitative estimate of drug-likeness (QED) is 0.565. The Balaban J connectivity index is 1.70. The number of nitrogens with one attached hydrogen (secondary N) is 1. The van der Waals surface area contributed by atoms with Gasteiger partial charge in [0.05, 0.1) is 26.8 Å². The smallest absolute Gasteiger partial charge is 0.193 e. The summed E-state index contributed by atoms with van der Waals surface area (Å²) in [7, 11) is 3.34. The number of anilines is 1. The van der Waals surface area contributed by atoms with Crippen molar-refractivity contribution >= 4 is 11.6 Å². The predicted molar refractivity (Wildman–Crippen MR) is 114 cm³/mol. The van der Waals surface area contributed by atoms with Crippen LogP contribution in [0, 0.1) is 0 Å². The molecule has 3 N–H and O–H groups in total. The molecule has 1 unspecified atom stereocenters. The zero-order valence-corrected chi connectivity index (χ0v) is 16.7. The van der Waals surface area contributed by atoms with E-state index in [-0.39, 0.29) is 6.04 Å². The van der Waals surface area contributed by atoms with Crippen molar-refractivity contribution in [2.75, 3.05) is 39.2 Å². The zero-order chi connectivity index (χ0) is 19.8. The molecule has 0 aromatic heterocycles. The highest BCUT2D eigenvalue weighted by Gasteiger charge is 2.22. The third-order valence-electron chi connectivity index (χ3n) is 5.13. The minimum atomic E-state index is 0.211. The molecule has 0 bridgehead atoms. The van der Waals surface area contributed by atoms with Crippen LogP contribution < -0.4 is 20.5 Å². The van der Waals surface area contributed by atoms with Gasteiger partial charge in [-0.25, -0.2) is 0 Å². The van der Waals surface area contributed by atoms with Crippen LogP contribution in [-0.4, -0.2) is 44.7 Å². The van der Waals surface area contributed by atoms with E-state index >= 15 is 0 Å². The van der Waals surface area contributed by atoms with Gasteiger partial charge in [-0.15, -0.1) is 0 Å². The van der Waals surface area contributed by atoms with E-state index < -0.39 is 0 Å². The number of hydrogen-bond acceptors (Lipinski definition) is 4. The SMILES string of the molecule is COc1ccc(NC(N)=NCC(c2ccc(OC)cc2)N2CCCCC2)cc1. The Morgan fingerprint density at radius 1 is 0.964 bits per heavy atom. The lowest BCUT2D eigenvalue weighted by atomic mass is 10.0. The van der Waals surface area contributed by atoms with Crippen LogP contribution in [0.1, 0.15) is 30.9 Å². The highest BCUT2D eigenvalue weighted by Crippen LogP contribution is 2.26. The van der Waals surface area contributed by atoms with E-state index in [0.29, 0.717) is 12.5 Å². The Kier molecular flexibility index (Phi) is 7.14. The van der Waals surface area contributed by atoms with Crippen molar-refractivity contribution < 1.29 is 9.47 Å². The Hall–Kier alpha value is -2.73. The molecule has 6 heteroatoms. The van der Waals surface area contributed by atoms with Gasteiger partial charge in [0, 0.05) is 5.69 Å². The topological polar surface area (TPSA) is 72.1 Å². The summed E-state index contributed by atoms with van der Waals surface area (Å²) >= 11 is 0. The van der Waals surface area contributed by atoms with Crippen molar-refractivity contribution in [1.29, 1.82) is 0 Å². The molecule has 1 fully saturated rings. The molecule has 1 saturated heterocycles. The molecule has 2 aromatic carbocycles. The Bertz CT molecular complexity index is 753. The van der Waals surface area contributed by atoms with Gasteiger partial charge in [-0.1, -0.05) is 18.6 Å². The van der Waals surface area contributed by atoms with Crippen molar-refractivity contribution in [3.8, 4) is 11.5 Å². The first-order valence-corrected chi connectivity index (χ1v) is 9.78. The lowest BCUT2D eigenvalue weighted by molar-refractivity contribution is 0.168. The third-order valence-corrected chi connectivity index (χ3v) is 5.13. The molecule has 1 atom stereocenters. The highest BCUT2D eigenvalue weighted by molar-refractivity contribution is 5.92. The molecule has 0 aliphatic carbocycles. The van der Waals surface area contributed by atoms with Crippen LogP contribution >= 0.6 is 0 Å². The van der Waals surface area contributed by atoms with Gasteiger partial charge >= 0.3 is 0 Å². The van der Waals surface area contributed by atoms with Gasteiger partial charge in [-0.3, -0.25) is 9.89 Å². The standard InChI is InChI=1S/C22H30N4O2/c1-27-19-10-6-17(7-11-19)21(26-14-4-3-5-15-26)16-24-22(23)25-18-8-12-20(28-2)13-9-18/h6-13,21H,3-5,14-16H2,1-2H3,(H3,23,24,25). The Morgan fingerprint density at radius 3 is 2.11 bits per heavy atom. The van der Waals surface area contributed by atoms with Gasteiger partial charge < -0.3 is 20.5 Å². The Labute approximate surface area is 167 Å². The number of ether oxygens (including phenoxy) is 2. The van der Waals surface area contributed by atoms with Crippen LogP contribution in [0.15, 0.2) is 53.5 Å². The number of benzene rings is 2. The first-order valence-electron chi connectivity index (χ1n) is 9.78. The average molecular weight is 383 g/mol. The number of methoxy groups -OCH3 is 2. The second-order valence-corrected chi connectivity index (χ2v) is 6.97. The normalized spacial score (nSPS) is 16.4. The number of nitrogens with two attached hydrogens (primary N) is 1. The van der Waals surface area contributed by atoms with Gasteiger partial charge in [0.1, 0.15) is 11.5 Å². The molecule has 1 aliphatic rings. The molecule has 0 spiro atoms. The summed E-state index contributed by atoms with van der Waals surface area (Å²) in [4.78, 5) is 7.15. The van der Waals surface area contributed by atoms with Gasteiger partial charge in [0.15, 0.2) is 5.96 Å². The molecule has 1 aliphatic heterocycles. The van der Waals surface area contributed by atoms with Crippen LogP contribution in [0.25, 0.3) is 0 Å². The third kappa shape index (κ3) is 5.39. The monoisotopic (exact) mass is 382 g/mol. The van der Waals surface area contributed by atoms with E-state index in [1.165, 1.54) is 24.8 Å². The van der Waals surface area contributed by atoms with Crippen LogP contribution in [0.4, 0.5) is 5.69 Å². The van der Waals surface area contributed by atoms with Crippen molar-refractivity contribution in [1.82, 2.24) is 4.90 Å². The molecule has 28 heavy (non-hydrogen) atoms. The van der Waals surface area contributed by atoms with Crippen molar-refractivity contribution in [2.24, 2.45) is 10.7 Å². The Morgan fingerprint density at radius 2 is 1.54 bits per heavy atom. The first-order chi connectivity index (χ1) is 13.7. The number of piperidine rings is 1. The summed E-state index contributed by atoms with van der Waals surface area (Å²) in [6.45, 7) is 2.80. The van der Waals surface area contributed by atoms with Crippen LogP contribution in [0.3, 0.4) is 0 Å². The van der Waals surface area contributed by atoms with Gasteiger partial charge in [-0.05, 0) is 67.9 Å². The van der Waals surface area contributed by atoms with Crippen molar-refractivity contribution in [3.05, 3.63) is 54.1 Å². The number of rotatable bonds is 7. The number of aliphatic imine (C=N–C) groups is 1. The molecular formula is C22H30N4O2. The van der Waals surface area contributed by atoms with E-state index in [0.717, 1.165) is 30.3 Å². The maximum Gasteiger partial charge on any atom is 0.193 e. The number of likely N-dealkylation sites (tertiary alicyclic amines) is 1. The molecule has 0 radical (unpaired) electrons.